The van der Waals surface area contributed by atoms with Crippen molar-refractivity contribution in [1.82, 2.24) is 15.1 Å². The summed E-state index contributed by atoms with van der Waals surface area (Å²) in [6, 6.07) is 9.81. The molecule has 3 rings (SSSR count). The van der Waals surface area contributed by atoms with Crippen molar-refractivity contribution < 1.29 is 4.79 Å². The van der Waals surface area contributed by atoms with Crippen LogP contribution in [0, 0.1) is 5.92 Å². The average molecular weight is 270 g/mol. The zero-order valence-electron chi connectivity index (χ0n) is 11.2. The van der Waals surface area contributed by atoms with Gasteiger partial charge >= 0.3 is 0 Å². The third kappa shape index (κ3) is 3.24. The summed E-state index contributed by atoms with van der Waals surface area (Å²) in [6.07, 6.45) is 4.28. The van der Waals surface area contributed by atoms with Crippen LogP contribution in [0.15, 0.2) is 42.7 Å². The minimum absolute atomic E-state index is 0.0905. The van der Waals surface area contributed by atoms with Crippen molar-refractivity contribution in [2.75, 3.05) is 18.4 Å². The molecule has 0 atom stereocenters. The van der Waals surface area contributed by atoms with E-state index in [1.165, 1.54) is 0 Å². The Labute approximate surface area is 118 Å². The fraction of sp³-hybridized carbons (Fsp3) is 0.333. The number of hydrogen-bond donors (Lipinski definition) is 2. The Balaban J connectivity index is 1.60. The van der Waals surface area contributed by atoms with E-state index in [-0.39, 0.29) is 5.91 Å². The van der Waals surface area contributed by atoms with E-state index < -0.39 is 0 Å². The maximum atomic E-state index is 11.9. The highest BCUT2D eigenvalue weighted by atomic mass is 16.1. The zero-order valence-corrected chi connectivity index (χ0v) is 11.2. The second-order valence-corrected chi connectivity index (χ2v) is 5.18. The Kier molecular flexibility index (Phi) is 3.78. The van der Waals surface area contributed by atoms with Crippen molar-refractivity contribution in [2.45, 2.75) is 13.0 Å². The fourth-order valence-electron chi connectivity index (χ4n) is 2.30. The van der Waals surface area contributed by atoms with Gasteiger partial charge in [-0.25, -0.2) is 0 Å². The predicted molar refractivity (Wildman–Crippen MR) is 77.4 cm³/mol. The lowest BCUT2D eigenvalue weighted by molar-refractivity contribution is -0.117. The number of carbonyl (C=O) groups is 1. The smallest absolute Gasteiger partial charge is 0.224 e. The molecule has 0 bridgehead atoms. The molecule has 0 saturated carbocycles. The monoisotopic (exact) mass is 270 g/mol. The Morgan fingerprint density at radius 1 is 1.40 bits per heavy atom. The van der Waals surface area contributed by atoms with Gasteiger partial charge in [0.05, 0.1) is 6.54 Å². The first-order valence-electron chi connectivity index (χ1n) is 6.86. The summed E-state index contributed by atoms with van der Waals surface area (Å²) in [5.41, 5.74) is 1.98. The van der Waals surface area contributed by atoms with Crippen LogP contribution in [0.5, 0.6) is 0 Å². The number of nitrogens with zero attached hydrogens (tertiary/aromatic N) is 2. The van der Waals surface area contributed by atoms with Gasteiger partial charge in [0.2, 0.25) is 5.91 Å². The van der Waals surface area contributed by atoms with Crippen molar-refractivity contribution in [2.24, 2.45) is 5.92 Å². The largest absolute Gasteiger partial charge is 0.326 e. The lowest BCUT2D eigenvalue weighted by Gasteiger charge is -2.26. The van der Waals surface area contributed by atoms with Crippen LogP contribution in [0.3, 0.4) is 0 Å². The van der Waals surface area contributed by atoms with Crippen LogP contribution in [0.4, 0.5) is 5.69 Å². The second-order valence-electron chi connectivity index (χ2n) is 5.18. The molecular weight excluding hydrogens is 252 g/mol. The van der Waals surface area contributed by atoms with Crippen LogP contribution in [-0.4, -0.2) is 28.8 Å². The van der Waals surface area contributed by atoms with Gasteiger partial charge in [-0.15, -0.1) is 0 Å². The number of nitrogens with one attached hydrogen (secondary N) is 2. The van der Waals surface area contributed by atoms with Crippen LogP contribution < -0.4 is 10.6 Å². The van der Waals surface area contributed by atoms with Crippen molar-refractivity contribution in [1.29, 1.82) is 0 Å². The molecule has 1 amide bonds. The van der Waals surface area contributed by atoms with E-state index in [1.807, 2.05) is 41.2 Å². The van der Waals surface area contributed by atoms with E-state index in [1.54, 1.807) is 6.20 Å². The Bertz CT molecular complexity index is 575. The summed E-state index contributed by atoms with van der Waals surface area (Å²) in [7, 11) is 0. The van der Waals surface area contributed by atoms with Gasteiger partial charge in [-0.2, -0.15) is 5.10 Å². The summed E-state index contributed by atoms with van der Waals surface area (Å²) < 4.78 is 1.86. The Hall–Kier alpha value is -2.14. The molecular formula is C15H18N4O. The van der Waals surface area contributed by atoms with Gasteiger partial charge < -0.3 is 10.6 Å². The second kappa shape index (κ2) is 5.88. The van der Waals surface area contributed by atoms with Gasteiger partial charge in [-0.05, 0) is 42.8 Å². The maximum absolute atomic E-state index is 11.9. The molecule has 104 valence electrons. The van der Waals surface area contributed by atoms with Crippen LogP contribution in [0.1, 0.15) is 12.0 Å². The minimum Gasteiger partial charge on any atom is -0.326 e. The molecule has 0 radical (unpaired) electrons. The molecule has 1 aromatic carbocycles. The lowest BCUT2D eigenvalue weighted by atomic mass is 9.99. The summed E-state index contributed by atoms with van der Waals surface area (Å²) >= 11 is 0. The standard InChI is InChI=1S/C15H18N4O/c20-15(8-13-9-16-10-13)18-14-4-1-3-12(7-14)11-19-6-2-5-17-19/h1-7,13,16H,8-11H2,(H,18,20). The first-order chi connectivity index (χ1) is 9.79. The molecule has 1 fully saturated rings. The molecule has 1 saturated heterocycles. The van der Waals surface area contributed by atoms with Crippen molar-refractivity contribution in [3.8, 4) is 0 Å². The number of carbonyl (C=O) groups excluding carboxylic acids is 1. The molecule has 2 heterocycles. The van der Waals surface area contributed by atoms with Crippen LogP contribution in [-0.2, 0) is 11.3 Å². The summed E-state index contributed by atoms with van der Waals surface area (Å²) in [5.74, 6) is 0.579. The predicted octanol–water partition coefficient (Wildman–Crippen LogP) is 1.48. The molecule has 2 aromatic rings. The van der Waals surface area contributed by atoms with E-state index in [2.05, 4.69) is 15.7 Å². The molecule has 1 aliphatic rings. The first kappa shape index (κ1) is 12.9. The molecule has 5 heteroatoms. The number of amides is 1. The van der Waals surface area contributed by atoms with Gasteiger partial charge in [-0.3, -0.25) is 9.48 Å². The lowest BCUT2D eigenvalue weighted by Crippen LogP contribution is -2.43. The molecule has 5 nitrogen and oxygen atoms in total. The molecule has 0 aliphatic carbocycles. The van der Waals surface area contributed by atoms with E-state index in [0.717, 1.165) is 24.3 Å². The number of benzene rings is 1. The minimum atomic E-state index is 0.0905. The summed E-state index contributed by atoms with van der Waals surface area (Å²) in [5, 5.41) is 10.3. The first-order valence-corrected chi connectivity index (χ1v) is 6.86. The molecule has 0 spiro atoms. The molecule has 1 aromatic heterocycles. The van der Waals surface area contributed by atoms with Crippen LogP contribution >= 0.6 is 0 Å². The molecule has 0 unspecified atom stereocenters. The number of aromatic nitrogens is 2. The summed E-state index contributed by atoms with van der Waals surface area (Å²) in [4.78, 5) is 11.9. The van der Waals surface area contributed by atoms with Gasteiger partial charge in [0.1, 0.15) is 0 Å². The topological polar surface area (TPSA) is 59.0 Å². The molecule has 1 aliphatic heterocycles. The van der Waals surface area contributed by atoms with Crippen molar-refractivity contribution in [3.05, 3.63) is 48.3 Å². The third-order valence-electron chi connectivity index (χ3n) is 3.45. The highest BCUT2D eigenvalue weighted by Gasteiger charge is 2.19. The SMILES string of the molecule is O=C(CC1CNC1)Nc1cccc(Cn2cccn2)c1. The molecule has 20 heavy (non-hydrogen) atoms. The average Bonchev–Trinajstić information content (AvgIpc) is 2.87. The quantitative estimate of drug-likeness (QED) is 0.865. The molecule has 2 N–H and O–H groups in total. The van der Waals surface area contributed by atoms with Crippen LogP contribution in [0.2, 0.25) is 0 Å². The maximum Gasteiger partial charge on any atom is 0.224 e. The van der Waals surface area contributed by atoms with Gasteiger partial charge in [0.25, 0.3) is 0 Å². The number of hydrogen-bond acceptors (Lipinski definition) is 3. The normalized spacial score (nSPS) is 14.8. The highest BCUT2D eigenvalue weighted by molar-refractivity contribution is 5.91. The number of rotatable bonds is 5. The van der Waals surface area contributed by atoms with E-state index >= 15 is 0 Å². The third-order valence-corrected chi connectivity index (χ3v) is 3.45. The number of anilines is 1. The van der Waals surface area contributed by atoms with E-state index in [4.69, 9.17) is 0 Å². The van der Waals surface area contributed by atoms with Crippen molar-refractivity contribution in [3.63, 3.8) is 0 Å². The Morgan fingerprint density at radius 2 is 2.30 bits per heavy atom. The van der Waals surface area contributed by atoms with E-state index in [9.17, 15) is 4.79 Å². The van der Waals surface area contributed by atoms with E-state index in [0.29, 0.717) is 18.9 Å². The zero-order chi connectivity index (χ0) is 13.8. The summed E-state index contributed by atoms with van der Waals surface area (Å²) in [6.45, 7) is 2.61. The van der Waals surface area contributed by atoms with Gasteiger partial charge in [-0.1, -0.05) is 12.1 Å². The van der Waals surface area contributed by atoms with Gasteiger partial charge in [0.15, 0.2) is 0 Å². The fourth-order valence-corrected chi connectivity index (χ4v) is 2.30. The van der Waals surface area contributed by atoms with Crippen LogP contribution in [0.25, 0.3) is 0 Å². The van der Waals surface area contributed by atoms with Crippen molar-refractivity contribution >= 4 is 11.6 Å². The van der Waals surface area contributed by atoms with Gasteiger partial charge in [0, 0.05) is 24.5 Å². The Morgan fingerprint density at radius 3 is 3.00 bits per heavy atom. The highest BCUT2D eigenvalue weighted by Crippen LogP contribution is 2.14.